The Labute approximate surface area is 231 Å². The lowest BCUT2D eigenvalue weighted by atomic mass is 9.89. The Morgan fingerprint density at radius 2 is 1.95 bits per heavy atom. The maximum absolute atomic E-state index is 13.7. The summed E-state index contributed by atoms with van der Waals surface area (Å²) in [4.78, 5) is 30.5. The molecule has 39 heavy (non-hydrogen) atoms. The highest BCUT2D eigenvalue weighted by atomic mass is 16.5. The molecule has 0 spiro atoms. The number of carbonyl (C=O) groups is 2. The molecule has 1 aromatic carbocycles. The molecule has 0 unspecified atom stereocenters. The molecule has 214 valence electrons. The van der Waals surface area contributed by atoms with E-state index in [4.69, 9.17) is 9.26 Å². The van der Waals surface area contributed by atoms with E-state index in [2.05, 4.69) is 34.7 Å². The van der Waals surface area contributed by atoms with Crippen molar-refractivity contribution in [2.24, 2.45) is 11.8 Å². The highest BCUT2D eigenvalue weighted by Gasteiger charge is 2.34. The molecule has 0 saturated heterocycles. The Morgan fingerprint density at radius 3 is 2.62 bits per heavy atom. The molecule has 10 heteroatoms. The number of fused-ring (bicyclic) bond motifs is 1. The van der Waals surface area contributed by atoms with Crippen molar-refractivity contribution < 1.29 is 24.0 Å². The quantitative estimate of drug-likeness (QED) is 0.444. The van der Waals surface area contributed by atoms with Crippen molar-refractivity contribution in [1.29, 1.82) is 0 Å². The second kappa shape index (κ2) is 12.8. The number of rotatable bonds is 8. The van der Waals surface area contributed by atoms with E-state index in [0.29, 0.717) is 40.7 Å². The topological polar surface area (TPSA) is 120 Å². The second-order valence-corrected chi connectivity index (χ2v) is 11.3. The minimum Gasteiger partial charge on any atom is -0.488 e. The lowest BCUT2D eigenvalue weighted by Gasteiger charge is -2.38. The number of aliphatic hydroxyl groups excluding tert-OH is 1. The van der Waals surface area contributed by atoms with Gasteiger partial charge >= 0.3 is 6.03 Å². The Balaban J connectivity index is 1.54. The van der Waals surface area contributed by atoms with Crippen LogP contribution in [0.25, 0.3) is 0 Å². The van der Waals surface area contributed by atoms with Gasteiger partial charge in [-0.1, -0.05) is 31.3 Å². The standard InChI is InChI=1S/C29H43N5O5/c1-18-14-34(19(2)17-35)28(36)24-13-23(30-29(37)31-27-20(3)32-39-21(27)4)11-12-25(24)38-26(18)16-33(5)15-22-9-7-6-8-10-22/h11-13,18-19,22,26,35H,6-10,14-17H2,1-5H3,(H2,30,31,37)/t18-,19-,26-/m0/s1. The number of aryl methyl sites for hydroxylation is 2. The molecular formula is C29H43N5O5. The summed E-state index contributed by atoms with van der Waals surface area (Å²) in [6.07, 6.45) is 6.38. The summed E-state index contributed by atoms with van der Waals surface area (Å²) in [6.45, 7) is 9.52. The number of aliphatic hydroxyl groups is 1. The van der Waals surface area contributed by atoms with Crippen LogP contribution in [-0.4, -0.2) is 77.4 Å². The molecule has 1 aliphatic carbocycles. The normalized spacial score (nSPS) is 21.1. The van der Waals surface area contributed by atoms with E-state index in [9.17, 15) is 14.7 Å². The van der Waals surface area contributed by atoms with Crippen LogP contribution in [0.2, 0.25) is 0 Å². The third kappa shape index (κ3) is 7.10. The lowest BCUT2D eigenvalue weighted by molar-refractivity contribution is 0.0330. The summed E-state index contributed by atoms with van der Waals surface area (Å²) < 4.78 is 11.6. The van der Waals surface area contributed by atoms with Crippen LogP contribution >= 0.6 is 0 Å². The van der Waals surface area contributed by atoms with Gasteiger partial charge in [0, 0.05) is 31.2 Å². The predicted molar refractivity (Wildman–Crippen MR) is 150 cm³/mol. The Morgan fingerprint density at radius 1 is 1.21 bits per heavy atom. The van der Waals surface area contributed by atoms with Gasteiger partial charge in [-0.25, -0.2) is 4.79 Å². The fourth-order valence-electron chi connectivity index (χ4n) is 5.65. The van der Waals surface area contributed by atoms with Crippen molar-refractivity contribution in [2.75, 3.05) is 43.9 Å². The van der Waals surface area contributed by atoms with Crippen molar-refractivity contribution in [3.05, 3.63) is 35.2 Å². The van der Waals surface area contributed by atoms with Gasteiger partial charge in [0.2, 0.25) is 0 Å². The molecular weight excluding hydrogens is 498 g/mol. The number of nitrogens with zero attached hydrogens (tertiary/aromatic N) is 3. The Bertz CT molecular complexity index is 1130. The molecule has 2 aromatic rings. The number of carbonyl (C=O) groups excluding carboxylic acids is 2. The molecule has 1 saturated carbocycles. The molecule has 2 heterocycles. The molecule has 3 atom stereocenters. The number of benzene rings is 1. The van der Waals surface area contributed by atoms with Gasteiger partial charge in [0.05, 0.1) is 18.2 Å². The first-order valence-corrected chi connectivity index (χ1v) is 14.1. The zero-order valence-electron chi connectivity index (χ0n) is 23.8. The van der Waals surface area contributed by atoms with E-state index < -0.39 is 6.03 Å². The maximum atomic E-state index is 13.7. The van der Waals surface area contributed by atoms with Crippen LogP contribution in [0.5, 0.6) is 5.75 Å². The number of likely N-dealkylation sites (N-methyl/N-ethyl adjacent to an activating group) is 1. The van der Waals surface area contributed by atoms with Crippen molar-refractivity contribution in [1.82, 2.24) is 15.0 Å². The number of nitrogens with one attached hydrogen (secondary N) is 2. The molecule has 2 aliphatic rings. The van der Waals surface area contributed by atoms with Crippen molar-refractivity contribution in [3.63, 3.8) is 0 Å². The van der Waals surface area contributed by atoms with Crippen LogP contribution in [0, 0.1) is 25.7 Å². The van der Waals surface area contributed by atoms with Crippen molar-refractivity contribution in [3.8, 4) is 5.75 Å². The monoisotopic (exact) mass is 541 g/mol. The van der Waals surface area contributed by atoms with Crippen LogP contribution < -0.4 is 15.4 Å². The van der Waals surface area contributed by atoms with E-state index in [0.717, 1.165) is 19.0 Å². The molecule has 1 aliphatic heterocycles. The summed E-state index contributed by atoms with van der Waals surface area (Å²) in [6, 6.07) is 4.28. The molecule has 0 bridgehead atoms. The van der Waals surface area contributed by atoms with E-state index in [1.807, 2.05) is 6.92 Å². The minimum atomic E-state index is -0.472. The van der Waals surface area contributed by atoms with E-state index in [1.54, 1.807) is 36.9 Å². The molecule has 3 amide bonds. The highest BCUT2D eigenvalue weighted by Crippen LogP contribution is 2.31. The van der Waals surface area contributed by atoms with Gasteiger partial charge in [-0.05, 0) is 64.8 Å². The van der Waals surface area contributed by atoms with Gasteiger partial charge < -0.3 is 34.8 Å². The van der Waals surface area contributed by atoms with Crippen molar-refractivity contribution in [2.45, 2.75) is 71.9 Å². The second-order valence-electron chi connectivity index (χ2n) is 11.3. The third-order valence-electron chi connectivity index (χ3n) is 7.98. The first kappa shape index (κ1) is 28.9. The first-order valence-electron chi connectivity index (χ1n) is 14.1. The van der Waals surface area contributed by atoms with E-state index >= 15 is 0 Å². The van der Waals surface area contributed by atoms with Gasteiger partial charge in [-0.15, -0.1) is 0 Å². The van der Waals surface area contributed by atoms with Gasteiger partial charge in [-0.3, -0.25) is 4.79 Å². The van der Waals surface area contributed by atoms with Gasteiger partial charge in [0.25, 0.3) is 5.91 Å². The van der Waals surface area contributed by atoms with Crippen LogP contribution in [0.4, 0.5) is 16.2 Å². The minimum absolute atomic E-state index is 0.0588. The summed E-state index contributed by atoms with van der Waals surface area (Å²) in [5.41, 5.74) is 1.89. The fraction of sp³-hybridized carbons (Fsp3) is 0.621. The van der Waals surface area contributed by atoms with E-state index in [-0.39, 0.29) is 30.6 Å². The molecule has 4 rings (SSSR count). The smallest absolute Gasteiger partial charge is 0.323 e. The molecule has 0 radical (unpaired) electrons. The van der Waals surface area contributed by atoms with Crippen molar-refractivity contribution >= 4 is 23.3 Å². The van der Waals surface area contributed by atoms with E-state index in [1.165, 1.54) is 32.1 Å². The third-order valence-corrected chi connectivity index (χ3v) is 7.98. The molecule has 1 fully saturated rings. The van der Waals surface area contributed by atoms with Gasteiger partial charge in [-0.2, -0.15) is 0 Å². The molecule has 3 N–H and O–H groups in total. The molecule has 1 aromatic heterocycles. The van der Waals surface area contributed by atoms with Gasteiger partial charge in [0.15, 0.2) is 5.76 Å². The highest BCUT2D eigenvalue weighted by molar-refractivity contribution is 6.03. The Hall–Kier alpha value is -3.11. The number of ether oxygens (including phenoxy) is 1. The number of hydrogen-bond acceptors (Lipinski definition) is 7. The average molecular weight is 542 g/mol. The average Bonchev–Trinajstić information content (AvgIpc) is 3.23. The zero-order valence-corrected chi connectivity index (χ0v) is 23.8. The number of hydrogen-bond donors (Lipinski definition) is 3. The van der Waals surface area contributed by atoms with Crippen LogP contribution in [0.3, 0.4) is 0 Å². The van der Waals surface area contributed by atoms with Crippen LogP contribution in [-0.2, 0) is 0 Å². The SMILES string of the molecule is Cc1noc(C)c1NC(=O)Nc1ccc2c(c1)C(=O)N([C@@H](C)CO)C[C@H](C)[C@H](CN(C)CC1CCCCC1)O2. The number of urea groups is 1. The fourth-order valence-corrected chi connectivity index (χ4v) is 5.65. The summed E-state index contributed by atoms with van der Waals surface area (Å²) >= 11 is 0. The zero-order chi connectivity index (χ0) is 28.1. The first-order chi connectivity index (χ1) is 18.7. The number of anilines is 2. The predicted octanol–water partition coefficient (Wildman–Crippen LogP) is 4.67. The summed E-state index contributed by atoms with van der Waals surface area (Å²) in [7, 11) is 2.15. The van der Waals surface area contributed by atoms with Crippen LogP contribution in [0.1, 0.15) is 67.8 Å². The Kier molecular flexibility index (Phi) is 9.50. The largest absolute Gasteiger partial charge is 0.488 e. The molecule has 10 nitrogen and oxygen atoms in total. The lowest BCUT2D eigenvalue weighted by Crippen LogP contribution is -2.50. The number of amides is 3. The van der Waals surface area contributed by atoms with Gasteiger partial charge in [0.1, 0.15) is 23.2 Å². The summed E-state index contributed by atoms with van der Waals surface area (Å²) in [5.74, 6) is 1.53. The number of aromatic nitrogens is 1. The summed E-state index contributed by atoms with van der Waals surface area (Å²) in [5, 5.41) is 19.3. The maximum Gasteiger partial charge on any atom is 0.323 e. The van der Waals surface area contributed by atoms with Crippen LogP contribution in [0.15, 0.2) is 22.7 Å².